The average Bonchev–Trinajstić information content (AvgIpc) is 2.75. The van der Waals surface area contributed by atoms with E-state index in [2.05, 4.69) is 20.5 Å². The summed E-state index contributed by atoms with van der Waals surface area (Å²) >= 11 is 5.92. The fraction of sp³-hybridized carbons (Fsp3) is 0.0870. The summed E-state index contributed by atoms with van der Waals surface area (Å²) in [5.74, 6) is 0. The first-order valence-electron chi connectivity index (χ1n) is 9.50. The molecular formula is C23H17ClF3N5. The molecule has 0 saturated carbocycles. The van der Waals surface area contributed by atoms with Crippen molar-refractivity contribution in [1.82, 2.24) is 15.2 Å². The summed E-state index contributed by atoms with van der Waals surface area (Å²) in [6, 6.07) is 14.1. The van der Waals surface area contributed by atoms with Crippen LogP contribution in [0.4, 0.5) is 30.2 Å². The molecule has 0 radical (unpaired) electrons. The van der Waals surface area contributed by atoms with Crippen molar-refractivity contribution < 1.29 is 13.2 Å². The molecule has 0 bridgehead atoms. The lowest BCUT2D eigenvalue weighted by molar-refractivity contribution is -0.136. The van der Waals surface area contributed by atoms with E-state index >= 15 is 0 Å². The second kappa shape index (κ2) is 8.47. The number of hydrogen-bond donors (Lipinski definition) is 2. The van der Waals surface area contributed by atoms with Crippen LogP contribution in [0.15, 0.2) is 67.0 Å². The predicted octanol–water partition coefficient (Wildman–Crippen LogP) is 6.51. The molecule has 0 atom stereocenters. The van der Waals surface area contributed by atoms with E-state index in [-0.39, 0.29) is 10.8 Å². The second-order valence-electron chi connectivity index (χ2n) is 7.13. The maximum absolute atomic E-state index is 13.9. The zero-order chi connectivity index (χ0) is 22.9. The van der Waals surface area contributed by atoms with Gasteiger partial charge in [-0.2, -0.15) is 18.3 Å². The summed E-state index contributed by atoms with van der Waals surface area (Å²) in [5, 5.41) is 10.6. The van der Waals surface area contributed by atoms with Crippen LogP contribution in [0.3, 0.4) is 0 Å². The van der Waals surface area contributed by atoms with Gasteiger partial charge < -0.3 is 11.1 Å². The van der Waals surface area contributed by atoms with Gasteiger partial charge >= 0.3 is 6.18 Å². The molecule has 2 heterocycles. The summed E-state index contributed by atoms with van der Waals surface area (Å²) < 4.78 is 41.6. The number of nitrogen functional groups attached to an aromatic ring is 1. The minimum Gasteiger partial charge on any atom is -0.399 e. The van der Waals surface area contributed by atoms with E-state index in [0.29, 0.717) is 39.3 Å². The highest BCUT2D eigenvalue weighted by Gasteiger charge is 2.34. The zero-order valence-electron chi connectivity index (χ0n) is 16.8. The summed E-state index contributed by atoms with van der Waals surface area (Å²) in [5.41, 5.74) is 8.82. The summed E-state index contributed by atoms with van der Waals surface area (Å²) in [6.45, 7) is 1.79. The van der Waals surface area contributed by atoms with Gasteiger partial charge in [-0.3, -0.25) is 4.98 Å². The Hall–Kier alpha value is -3.65. The standard InChI is InChI=1S/C23H17ClF3N5/c1-13-19(16-9-22(24)32-30-11-16)10-18(12-29-13)31-21-7-4-15(8-20(21)23(25,26)27)14-2-5-17(28)6-3-14/h2-12,31H,28H2,1H3. The quantitative estimate of drug-likeness (QED) is 0.343. The van der Waals surface area contributed by atoms with Crippen molar-refractivity contribution in [1.29, 1.82) is 0 Å². The lowest BCUT2D eigenvalue weighted by Crippen LogP contribution is -2.09. The van der Waals surface area contributed by atoms with Gasteiger partial charge in [-0.1, -0.05) is 29.8 Å². The van der Waals surface area contributed by atoms with Gasteiger partial charge in [-0.25, -0.2) is 0 Å². The Bertz CT molecular complexity index is 1270. The van der Waals surface area contributed by atoms with Crippen molar-refractivity contribution in [2.24, 2.45) is 0 Å². The molecule has 0 amide bonds. The second-order valence-corrected chi connectivity index (χ2v) is 7.52. The van der Waals surface area contributed by atoms with Crippen LogP contribution in [0.5, 0.6) is 0 Å². The van der Waals surface area contributed by atoms with E-state index in [0.717, 1.165) is 6.07 Å². The lowest BCUT2D eigenvalue weighted by Gasteiger charge is -2.17. The maximum atomic E-state index is 13.9. The minimum atomic E-state index is -4.56. The molecule has 0 aliphatic heterocycles. The van der Waals surface area contributed by atoms with Crippen molar-refractivity contribution in [3.63, 3.8) is 0 Å². The summed E-state index contributed by atoms with van der Waals surface area (Å²) in [7, 11) is 0. The number of alkyl halides is 3. The number of rotatable bonds is 4. The third kappa shape index (κ3) is 4.65. The minimum absolute atomic E-state index is 0.0841. The molecule has 9 heteroatoms. The van der Waals surface area contributed by atoms with Gasteiger partial charge in [0.25, 0.3) is 0 Å². The molecule has 32 heavy (non-hydrogen) atoms. The smallest absolute Gasteiger partial charge is 0.399 e. The van der Waals surface area contributed by atoms with E-state index in [4.69, 9.17) is 17.3 Å². The molecule has 2 aromatic carbocycles. The Labute approximate surface area is 187 Å². The van der Waals surface area contributed by atoms with Crippen molar-refractivity contribution >= 4 is 28.7 Å². The summed E-state index contributed by atoms with van der Waals surface area (Å²) in [6.07, 6.45) is -1.57. The van der Waals surface area contributed by atoms with E-state index in [1.165, 1.54) is 18.5 Å². The Kier molecular flexibility index (Phi) is 5.71. The molecule has 0 fully saturated rings. The highest BCUT2D eigenvalue weighted by atomic mass is 35.5. The number of pyridine rings is 1. The molecule has 0 spiro atoms. The number of benzene rings is 2. The number of hydrogen-bond acceptors (Lipinski definition) is 5. The SMILES string of the molecule is Cc1ncc(Nc2ccc(-c3ccc(N)cc3)cc2C(F)(F)F)cc1-c1cnnc(Cl)c1. The van der Waals surface area contributed by atoms with Crippen LogP contribution in [0.2, 0.25) is 5.15 Å². The largest absolute Gasteiger partial charge is 0.418 e. The number of halogens is 4. The fourth-order valence-corrected chi connectivity index (χ4v) is 3.44. The van der Waals surface area contributed by atoms with Crippen LogP contribution in [0.1, 0.15) is 11.3 Å². The van der Waals surface area contributed by atoms with Crippen LogP contribution in [0, 0.1) is 6.92 Å². The van der Waals surface area contributed by atoms with Crippen LogP contribution >= 0.6 is 11.6 Å². The van der Waals surface area contributed by atoms with Gasteiger partial charge in [0.05, 0.1) is 29.3 Å². The van der Waals surface area contributed by atoms with Crippen LogP contribution in [0.25, 0.3) is 22.3 Å². The maximum Gasteiger partial charge on any atom is 0.418 e. The Morgan fingerprint density at radius 1 is 0.906 bits per heavy atom. The normalized spacial score (nSPS) is 11.4. The Morgan fingerprint density at radius 2 is 1.62 bits per heavy atom. The van der Waals surface area contributed by atoms with Gasteiger partial charge in [0.2, 0.25) is 0 Å². The summed E-state index contributed by atoms with van der Waals surface area (Å²) in [4.78, 5) is 4.30. The monoisotopic (exact) mass is 455 g/mol. The Morgan fingerprint density at radius 3 is 2.31 bits per heavy atom. The first-order chi connectivity index (χ1) is 15.2. The number of aromatic nitrogens is 3. The van der Waals surface area contributed by atoms with E-state index in [1.54, 1.807) is 49.4 Å². The van der Waals surface area contributed by atoms with Gasteiger partial charge in [-0.15, -0.1) is 5.10 Å². The number of nitrogens with one attached hydrogen (secondary N) is 1. The third-order valence-electron chi connectivity index (χ3n) is 4.87. The first kappa shape index (κ1) is 21.6. The van der Waals surface area contributed by atoms with Crippen molar-refractivity contribution in [2.45, 2.75) is 13.1 Å². The van der Waals surface area contributed by atoms with Gasteiger partial charge in [-0.05, 0) is 54.4 Å². The predicted molar refractivity (Wildman–Crippen MR) is 120 cm³/mol. The topological polar surface area (TPSA) is 76.7 Å². The average molecular weight is 456 g/mol. The van der Waals surface area contributed by atoms with E-state index < -0.39 is 11.7 Å². The van der Waals surface area contributed by atoms with Crippen LogP contribution in [-0.2, 0) is 6.18 Å². The number of aryl methyl sites for hydroxylation is 1. The van der Waals surface area contributed by atoms with Gasteiger partial charge in [0, 0.05) is 22.5 Å². The van der Waals surface area contributed by atoms with Crippen LogP contribution in [-0.4, -0.2) is 15.2 Å². The molecule has 162 valence electrons. The molecule has 4 rings (SSSR count). The molecule has 2 aromatic heterocycles. The number of anilines is 3. The first-order valence-corrected chi connectivity index (χ1v) is 9.88. The van der Waals surface area contributed by atoms with Gasteiger partial charge in [0.1, 0.15) is 0 Å². The lowest BCUT2D eigenvalue weighted by atomic mass is 10.0. The molecule has 5 nitrogen and oxygen atoms in total. The zero-order valence-corrected chi connectivity index (χ0v) is 17.5. The number of nitrogens with two attached hydrogens (primary N) is 1. The highest BCUT2D eigenvalue weighted by Crippen LogP contribution is 2.39. The number of nitrogens with zero attached hydrogens (tertiary/aromatic N) is 3. The molecule has 0 aliphatic carbocycles. The molecule has 3 N–H and O–H groups in total. The molecule has 0 saturated heterocycles. The molecular weight excluding hydrogens is 439 g/mol. The highest BCUT2D eigenvalue weighted by molar-refractivity contribution is 6.29. The fourth-order valence-electron chi connectivity index (χ4n) is 3.28. The Balaban J connectivity index is 1.73. The molecule has 0 aliphatic rings. The third-order valence-corrected chi connectivity index (χ3v) is 5.06. The van der Waals surface area contributed by atoms with Crippen molar-refractivity contribution in [3.8, 4) is 22.3 Å². The van der Waals surface area contributed by atoms with E-state index in [1.807, 2.05) is 0 Å². The van der Waals surface area contributed by atoms with Crippen LogP contribution < -0.4 is 11.1 Å². The molecule has 4 aromatic rings. The molecule has 0 unspecified atom stereocenters. The van der Waals surface area contributed by atoms with Crippen molar-refractivity contribution in [3.05, 3.63) is 83.4 Å². The van der Waals surface area contributed by atoms with Crippen molar-refractivity contribution in [2.75, 3.05) is 11.1 Å². The van der Waals surface area contributed by atoms with E-state index in [9.17, 15) is 13.2 Å². The van der Waals surface area contributed by atoms with Gasteiger partial charge in [0.15, 0.2) is 5.15 Å².